The Bertz CT molecular complexity index is 726. The fourth-order valence-electron chi connectivity index (χ4n) is 2.92. The Kier molecular flexibility index (Phi) is 6.08. The summed E-state index contributed by atoms with van der Waals surface area (Å²) in [6.45, 7) is 2.86. The third kappa shape index (κ3) is 4.33. The first-order chi connectivity index (χ1) is 12.7. The fraction of sp³-hybridized carbons (Fsp3) is 0.444. The second kappa shape index (κ2) is 8.68. The van der Waals surface area contributed by atoms with E-state index in [1.54, 1.807) is 20.5 Å². The van der Waals surface area contributed by atoms with Gasteiger partial charge in [0.05, 0.1) is 32.6 Å². The molecule has 3 N–H and O–H groups in total. The average molecular weight is 359 g/mol. The van der Waals surface area contributed by atoms with E-state index in [-0.39, 0.29) is 6.10 Å². The van der Waals surface area contributed by atoms with E-state index >= 15 is 0 Å². The number of anilines is 3. The van der Waals surface area contributed by atoms with Crippen molar-refractivity contribution in [2.45, 2.75) is 12.5 Å². The van der Waals surface area contributed by atoms with Crippen molar-refractivity contribution in [3.63, 3.8) is 0 Å². The summed E-state index contributed by atoms with van der Waals surface area (Å²) in [7, 11) is 3.25. The van der Waals surface area contributed by atoms with Crippen LogP contribution in [-0.4, -0.2) is 56.5 Å². The Labute approximate surface area is 153 Å². The van der Waals surface area contributed by atoms with E-state index in [1.165, 1.54) is 0 Å². The van der Waals surface area contributed by atoms with Crippen molar-refractivity contribution in [2.75, 3.05) is 50.7 Å². The molecule has 1 saturated heterocycles. The van der Waals surface area contributed by atoms with Gasteiger partial charge in [-0.2, -0.15) is 0 Å². The Balaban J connectivity index is 1.75. The van der Waals surface area contributed by atoms with Crippen LogP contribution in [0.3, 0.4) is 0 Å². The van der Waals surface area contributed by atoms with Crippen molar-refractivity contribution >= 4 is 17.3 Å². The molecule has 1 unspecified atom stereocenters. The van der Waals surface area contributed by atoms with E-state index < -0.39 is 0 Å². The lowest BCUT2D eigenvalue weighted by Gasteiger charge is -2.33. The van der Waals surface area contributed by atoms with Crippen molar-refractivity contribution in [3.8, 4) is 11.5 Å². The van der Waals surface area contributed by atoms with Crippen LogP contribution in [0.4, 0.5) is 17.3 Å². The number of hydrogen-bond donors (Lipinski definition) is 2. The number of aromatic nitrogens is 2. The standard InChI is InChI=1S/C18H25N5O3/c1-24-13-3-4-15(16(9-13)25-2)22-17-10-18(21-12-20-17)23-7-8-26-14(11-23)5-6-19/h3-4,9-10,12,14H,5-8,11,19H2,1-2H3,(H,20,21,22). The first kappa shape index (κ1) is 18.2. The number of methoxy groups -OCH3 is 2. The van der Waals surface area contributed by atoms with Gasteiger partial charge >= 0.3 is 0 Å². The zero-order chi connectivity index (χ0) is 18.4. The molecule has 0 bridgehead atoms. The molecule has 1 aromatic heterocycles. The van der Waals surface area contributed by atoms with E-state index in [2.05, 4.69) is 20.2 Å². The van der Waals surface area contributed by atoms with Crippen LogP contribution < -0.4 is 25.4 Å². The summed E-state index contributed by atoms with van der Waals surface area (Å²) in [6.07, 6.45) is 2.54. The van der Waals surface area contributed by atoms with Crippen LogP contribution in [0.25, 0.3) is 0 Å². The van der Waals surface area contributed by atoms with Gasteiger partial charge in [0.25, 0.3) is 0 Å². The third-order valence-corrected chi connectivity index (χ3v) is 4.28. The molecule has 140 valence electrons. The lowest BCUT2D eigenvalue weighted by atomic mass is 10.2. The molecule has 1 aliphatic heterocycles. The number of nitrogens with one attached hydrogen (secondary N) is 1. The first-order valence-corrected chi connectivity index (χ1v) is 8.61. The molecule has 1 fully saturated rings. The van der Waals surface area contributed by atoms with Crippen LogP contribution in [0, 0.1) is 0 Å². The van der Waals surface area contributed by atoms with Crippen LogP contribution in [-0.2, 0) is 4.74 Å². The SMILES string of the molecule is COc1ccc(Nc2cc(N3CCOC(CCN)C3)ncn2)c(OC)c1. The zero-order valence-electron chi connectivity index (χ0n) is 15.1. The molecule has 8 nitrogen and oxygen atoms in total. The summed E-state index contributed by atoms with van der Waals surface area (Å²) in [6, 6.07) is 7.51. The molecular formula is C18H25N5O3. The average Bonchev–Trinajstić information content (AvgIpc) is 2.69. The van der Waals surface area contributed by atoms with Crippen molar-refractivity contribution in [3.05, 3.63) is 30.6 Å². The smallest absolute Gasteiger partial charge is 0.146 e. The third-order valence-electron chi connectivity index (χ3n) is 4.28. The van der Waals surface area contributed by atoms with E-state index in [4.69, 9.17) is 19.9 Å². The van der Waals surface area contributed by atoms with Crippen LogP contribution in [0.5, 0.6) is 11.5 Å². The van der Waals surface area contributed by atoms with Gasteiger partial charge in [-0.3, -0.25) is 0 Å². The van der Waals surface area contributed by atoms with E-state index in [0.29, 0.717) is 24.7 Å². The largest absolute Gasteiger partial charge is 0.497 e. The molecule has 1 atom stereocenters. The minimum Gasteiger partial charge on any atom is -0.497 e. The highest BCUT2D eigenvalue weighted by atomic mass is 16.5. The number of nitrogens with two attached hydrogens (primary N) is 1. The van der Waals surface area contributed by atoms with Crippen LogP contribution in [0.2, 0.25) is 0 Å². The molecule has 2 heterocycles. The second-order valence-electron chi connectivity index (χ2n) is 5.97. The van der Waals surface area contributed by atoms with Crippen molar-refractivity contribution in [1.82, 2.24) is 9.97 Å². The molecule has 0 spiro atoms. The number of benzene rings is 1. The maximum Gasteiger partial charge on any atom is 0.146 e. The van der Waals surface area contributed by atoms with Crippen LogP contribution >= 0.6 is 0 Å². The van der Waals surface area contributed by atoms with Gasteiger partial charge in [-0.15, -0.1) is 0 Å². The summed E-state index contributed by atoms with van der Waals surface area (Å²) < 4.78 is 16.4. The van der Waals surface area contributed by atoms with Gasteiger partial charge in [0.1, 0.15) is 29.5 Å². The molecule has 0 saturated carbocycles. The van der Waals surface area contributed by atoms with Crippen molar-refractivity contribution < 1.29 is 14.2 Å². The summed E-state index contributed by atoms with van der Waals surface area (Å²) in [5.41, 5.74) is 6.45. The summed E-state index contributed by atoms with van der Waals surface area (Å²) >= 11 is 0. The van der Waals surface area contributed by atoms with Gasteiger partial charge in [-0.25, -0.2) is 9.97 Å². The Hall–Kier alpha value is -2.58. The lowest BCUT2D eigenvalue weighted by molar-refractivity contribution is 0.0366. The fourth-order valence-corrected chi connectivity index (χ4v) is 2.92. The maximum atomic E-state index is 5.74. The second-order valence-corrected chi connectivity index (χ2v) is 5.97. The van der Waals surface area contributed by atoms with Crippen LogP contribution in [0.15, 0.2) is 30.6 Å². The van der Waals surface area contributed by atoms with E-state index in [9.17, 15) is 0 Å². The Morgan fingerprint density at radius 2 is 2.15 bits per heavy atom. The molecule has 2 aromatic rings. The lowest BCUT2D eigenvalue weighted by Crippen LogP contribution is -2.43. The van der Waals surface area contributed by atoms with Gasteiger partial charge < -0.3 is 30.2 Å². The molecular weight excluding hydrogens is 334 g/mol. The molecule has 1 aromatic carbocycles. The highest BCUT2D eigenvalue weighted by molar-refractivity contribution is 5.67. The quantitative estimate of drug-likeness (QED) is 0.773. The molecule has 0 aliphatic carbocycles. The zero-order valence-corrected chi connectivity index (χ0v) is 15.1. The predicted octanol–water partition coefficient (Wildman–Crippen LogP) is 1.79. The normalized spacial score (nSPS) is 17.0. The van der Waals surface area contributed by atoms with Crippen molar-refractivity contribution in [1.29, 1.82) is 0 Å². The monoisotopic (exact) mass is 359 g/mol. The van der Waals surface area contributed by atoms with Gasteiger partial charge in [-0.1, -0.05) is 0 Å². The van der Waals surface area contributed by atoms with Crippen molar-refractivity contribution in [2.24, 2.45) is 5.73 Å². The maximum absolute atomic E-state index is 5.74. The molecule has 3 rings (SSSR count). The summed E-state index contributed by atoms with van der Waals surface area (Å²) in [4.78, 5) is 10.9. The first-order valence-electron chi connectivity index (χ1n) is 8.61. The van der Waals surface area contributed by atoms with Gasteiger partial charge in [0, 0.05) is 25.2 Å². The minimum atomic E-state index is 0.141. The van der Waals surface area contributed by atoms with E-state index in [0.717, 1.165) is 36.8 Å². The number of morpholine rings is 1. The summed E-state index contributed by atoms with van der Waals surface area (Å²) in [5, 5.41) is 3.28. The molecule has 0 radical (unpaired) electrons. The molecule has 26 heavy (non-hydrogen) atoms. The number of hydrogen-bond acceptors (Lipinski definition) is 8. The number of nitrogens with zero attached hydrogens (tertiary/aromatic N) is 3. The molecule has 0 amide bonds. The highest BCUT2D eigenvalue weighted by Gasteiger charge is 2.21. The molecule has 1 aliphatic rings. The summed E-state index contributed by atoms with van der Waals surface area (Å²) in [5.74, 6) is 2.97. The van der Waals surface area contributed by atoms with Crippen LogP contribution in [0.1, 0.15) is 6.42 Å². The number of rotatable bonds is 7. The number of ether oxygens (including phenoxy) is 3. The van der Waals surface area contributed by atoms with E-state index in [1.807, 2.05) is 24.3 Å². The molecule has 8 heteroatoms. The topological polar surface area (TPSA) is 94.8 Å². The highest BCUT2D eigenvalue weighted by Crippen LogP contribution is 2.31. The van der Waals surface area contributed by atoms with Gasteiger partial charge in [0.2, 0.25) is 0 Å². The Morgan fingerprint density at radius 1 is 1.27 bits per heavy atom. The van der Waals surface area contributed by atoms with Gasteiger partial charge in [0.15, 0.2) is 0 Å². The minimum absolute atomic E-state index is 0.141. The predicted molar refractivity (Wildman–Crippen MR) is 100 cm³/mol. The Morgan fingerprint density at radius 3 is 2.92 bits per heavy atom. The van der Waals surface area contributed by atoms with Gasteiger partial charge in [-0.05, 0) is 25.1 Å².